The summed E-state index contributed by atoms with van der Waals surface area (Å²) in [7, 11) is 1.57. The number of nitrogens with zero attached hydrogens (tertiary/aromatic N) is 1. The van der Waals surface area contributed by atoms with Crippen LogP contribution in [0, 0.1) is 10.1 Å². The molecule has 0 unspecified atom stereocenters. The molecule has 1 N–H and O–H groups in total. The van der Waals surface area contributed by atoms with Gasteiger partial charge in [-0.1, -0.05) is 11.8 Å². The van der Waals surface area contributed by atoms with E-state index in [-0.39, 0.29) is 12.1 Å². The Bertz CT molecular complexity index is 700. The SMILES string of the molecule is COc1ccc(Sc2ccc([N+](=O)[O-])cc2CC(=O)O)cc1. The van der Waals surface area contributed by atoms with E-state index in [0.717, 1.165) is 10.6 Å². The van der Waals surface area contributed by atoms with E-state index in [1.165, 1.54) is 23.9 Å². The molecule has 0 bridgehead atoms. The fraction of sp³-hybridized carbons (Fsp3) is 0.133. The van der Waals surface area contributed by atoms with Crippen LogP contribution in [-0.4, -0.2) is 23.1 Å². The molecule has 7 heteroatoms. The van der Waals surface area contributed by atoms with Gasteiger partial charge in [-0.25, -0.2) is 0 Å². The smallest absolute Gasteiger partial charge is 0.307 e. The van der Waals surface area contributed by atoms with Crippen molar-refractivity contribution in [3.63, 3.8) is 0 Å². The lowest BCUT2D eigenvalue weighted by Gasteiger charge is -2.08. The van der Waals surface area contributed by atoms with Gasteiger partial charge in [0.15, 0.2) is 0 Å². The number of hydrogen-bond donors (Lipinski definition) is 1. The quantitative estimate of drug-likeness (QED) is 0.648. The Morgan fingerprint density at radius 3 is 2.50 bits per heavy atom. The van der Waals surface area contributed by atoms with E-state index in [2.05, 4.69) is 0 Å². The highest BCUT2D eigenvalue weighted by Crippen LogP contribution is 2.33. The maximum atomic E-state index is 10.9. The summed E-state index contributed by atoms with van der Waals surface area (Å²) in [5.74, 6) is -0.309. The zero-order valence-corrected chi connectivity index (χ0v) is 12.5. The van der Waals surface area contributed by atoms with Crippen molar-refractivity contribution in [1.82, 2.24) is 0 Å². The molecule has 0 fully saturated rings. The highest BCUT2D eigenvalue weighted by Gasteiger charge is 2.14. The Balaban J connectivity index is 2.31. The number of carboxylic acid groups (broad SMARTS) is 1. The van der Waals surface area contributed by atoms with Crippen molar-refractivity contribution in [3.05, 3.63) is 58.1 Å². The summed E-state index contributed by atoms with van der Waals surface area (Å²) < 4.78 is 5.08. The van der Waals surface area contributed by atoms with Crippen molar-refractivity contribution < 1.29 is 19.6 Å². The minimum Gasteiger partial charge on any atom is -0.497 e. The average molecular weight is 319 g/mol. The average Bonchev–Trinajstić information content (AvgIpc) is 2.49. The van der Waals surface area contributed by atoms with Gasteiger partial charge in [-0.05, 0) is 35.9 Å². The molecule has 2 aromatic carbocycles. The van der Waals surface area contributed by atoms with Crippen molar-refractivity contribution >= 4 is 23.4 Å². The van der Waals surface area contributed by atoms with Crippen LogP contribution in [0.3, 0.4) is 0 Å². The van der Waals surface area contributed by atoms with Gasteiger partial charge in [0.25, 0.3) is 5.69 Å². The molecule has 22 heavy (non-hydrogen) atoms. The van der Waals surface area contributed by atoms with Crippen LogP contribution in [0.5, 0.6) is 5.75 Å². The predicted molar refractivity (Wildman–Crippen MR) is 81.6 cm³/mol. The highest BCUT2D eigenvalue weighted by atomic mass is 32.2. The van der Waals surface area contributed by atoms with Crippen LogP contribution in [0.1, 0.15) is 5.56 Å². The van der Waals surface area contributed by atoms with Crippen LogP contribution in [0.25, 0.3) is 0 Å². The molecular formula is C15H13NO5S. The number of nitro benzene ring substituents is 1. The number of carbonyl (C=O) groups is 1. The highest BCUT2D eigenvalue weighted by molar-refractivity contribution is 7.99. The van der Waals surface area contributed by atoms with Gasteiger partial charge in [0.1, 0.15) is 5.75 Å². The topological polar surface area (TPSA) is 89.7 Å². The third kappa shape index (κ3) is 3.98. The molecule has 0 aromatic heterocycles. The molecular weight excluding hydrogens is 306 g/mol. The third-order valence-electron chi connectivity index (χ3n) is 2.88. The molecule has 0 aliphatic heterocycles. The molecule has 0 saturated carbocycles. The molecule has 114 valence electrons. The number of carboxylic acids is 1. The fourth-order valence-corrected chi connectivity index (χ4v) is 2.78. The van der Waals surface area contributed by atoms with Gasteiger partial charge in [0, 0.05) is 21.9 Å². The summed E-state index contributed by atoms with van der Waals surface area (Å²) >= 11 is 1.35. The molecule has 6 nitrogen and oxygen atoms in total. The summed E-state index contributed by atoms with van der Waals surface area (Å²) in [5.41, 5.74) is 0.304. The van der Waals surface area contributed by atoms with Crippen molar-refractivity contribution in [2.45, 2.75) is 16.2 Å². The Morgan fingerprint density at radius 2 is 1.95 bits per heavy atom. The maximum absolute atomic E-state index is 10.9. The molecule has 0 heterocycles. The maximum Gasteiger partial charge on any atom is 0.307 e. The van der Waals surface area contributed by atoms with E-state index < -0.39 is 10.9 Å². The third-order valence-corrected chi connectivity index (χ3v) is 4.01. The van der Waals surface area contributed by atoms with Gasteiger partial charge >= 0.3 is 5.97 Å². The van der Waals surface area contributed by atoms with Crippen LogP contribution in [0.2, 0.25) is 0 Å². The monoisotopic (exact) mass is 319 g/mol. The molecule has 0 atom stereocenters. The molecule has 0 radical (unpaired) electrons. The van der Waals surface area contributed by atoms with E-state index in [1.807, 2.05) is 12.1 Å². The number of nitro groups is 1. The molecule has 0 spiro atoms. The zero-order chi connectivity index (χ0) is 16.1. The Labute approximate surface area is 130 Å². The fourth-order valence-electron chi connectivity index (χ4n) is 1.85. The molecule has 0 saturated heterocycles. The van der Waals surface area contributed by atoms with Crippen LogP contribution in [-0.2, 0) is 11.2 Å². The van der Waals surface area contributed by atoms with Gasteiger partial charge < -0.3 is 9.84 Å². The first kappa shape index (κ1) is 15.8. The van der Waals surface area contributed by atoms with Crippen molar-refractivity contribution in [2.24, 2.45) is 0 Å². The van der Waals surface area contributed by atoms with Crippen LogP contribution in [0.15, 0.2) is 52.3 Å². The Hall–Kier alpha value is -2.54. The first-order valence-corrected chi connectivity index (χ1v) is 7.12. The van der Waals surface area contributed by atoms with E-state index in [4.69, 9.17) is 9.84 Å². The van der Waals surface area contributed by atoms with Gasteiger partial charge in [-0.15, -0.1) is 0 Å². The number of non-ortho nitro benzene ring substituents is 1. The molecule has 0 aliphatic carbocycles. The number of hydrogen-bond acceptors (Lipinski definition) is 5. The minimum absolute atomic E-state index is 0.115. The van der Waals surface area contributed by atoms with Gasteiger partial charge in [-0.2, -0.15) is 0 Å². The van der Waals surface area contributed by atoms with Crippen molar-refractivity contribution in [3.8, 4) is 5.75 Å². The zero-order valence-electron chi connectivity index (χ0n) is 11.7. The lowest BCUT2D eigenvalue weighted by atomic mass is 10.1. The summed E-state index contributed by atoms with van der Waals surface area (Å²) in [6, 6.07) is 11.5. The first-order chi connectivity index (χ1) is 10.5. The molecule has 0 amide bonds. The normalized spacial score (nSPS) is 10.2. The molecule has 0 aliphatic rings. The Morgan fingerprint density at radius 1 is 1.27 bits per heavy atom. The summed E-state index contributed by atoms with van der Waals surface area (Å²) in [6.07, 6.45) is -0.264. The van der Waals surface area contributed by atoms with E-state index >= 15 is 0 Å². The summed E-state index contributed by atoms with van der Waals surface area (Å²) in [4.78, 5) is 22.8. The predicted octanol–water partition coefficient (Wildman–Crippen LogP) is 3.38. The second-order valence-electron chi connectivity index (χ2n) is 4.40. The van der Waals surface area contributed by atoms with E-state index in [9.17, 15) is 14.9 Å². The number of aliphatic carboxylic acids is 1. The number of methoxy groups -OCH3 is 1. The Kier molecular flexibility index (Phi) is 5.00. The number of benzene rings is 2. The van der Waals surface area contributed by atoms with Crippen LogP contribution in [0.4, 0.5) is 5.69 Å². The second kappa shape index (κ2) is 6.95. The number of rotatable bonds is 6. The van der Waals surface area contributed by atoms with Gasteiger partial charge in [-0.3, -0.25) is 14.9 Å². The lowest BCUT2D eigenvalue weighted by Crippen LogP contribution is -2.02. The first-order valence-electron chi connectivity index (χ1n) is 6.30. The second-order valence-corrected chi connectivity index (χ2v) is 5.51. The molecule has 2 aromatic rings. The lowest BCUT2D eigenvalue weighted by molar-refractivity contribution is -0.385. The standard InChI is InChI=1S/C15H13NO5S/c1-21-12-3-5-13(6-4-12)22-14-7-2-11(16(19)20)8-10(14)9-15(17)18/h2-8H,9H2,1H3,(H,17,18). The van der Waals surface area contributed by atoms with Crippen molar-refractivity contribution in [1.29, 1.82) is 0 Å². The molecule has 2 rings (SSSR count). The van der Waals surface area contributed by atoms with E-state index in [1.54, 1.807) is 25.3 Å². The van der Waals surface area contributed by atoms with Gasteiger partial charge in [0.2, 0.25) is 0 Å². The summed E-state index contributed by atoms with van der Waals surface area (Å²) in [5, 5.41) is 19.8. The minimum atomic E-state index is -1.03. The van der Waals surface area contributed by atoms with Crippen LogP contribution >= 0.6 is 11.8 Å². The van der Waals surface area contributed by atoms with Crippen LogP contribution < -0.4 is 4.74 Å². The van der Waals surface area contributed by atoms with Gasteiger partial charge in [0.05, 0.1) is 18.5 Å². The largest absolute Gasteiger partial charge is 0.497 e. The van der Waals surface area contributed by atoms with E-state index in [0.29, 0.717) is 10.5 Å². The van der Waals surface area contributed by atoms with Crippen molar-refractivity contribution in [2.75, 3.05) is 7.11 Å². The number of ether oxygens (including phenoxy) is 1. The summed E-state index contributed by atoms with van der Waals surface area (Å²) in [6.45, 7) is 0.